The van der Waals surface area contributed by atoms with Gasteiger partial charge in [0.05, 0.1) is 11.6 Å². The number of fused-ring (bicyclic) bond motifs is 1. The largest absolute Gasteiger partial charge is 0.481 e. The maximum absolute atomic E-state index is 11.8. The van der Waals surface area contributed by atoms with Crippen LogP contribution >= 0.6 is 11.3 Å². The Labute approximate surface area is 215 Å². The second-order valence-corrected chi connectivity index (χ2v) is 10.2. The van der Waals surface area contributed by atoms with Gasteiger partial charge in [-0.2, -0.15) is 0 Å². The Morgan fingerprint density at radius 1 is 1.11 bits per heavy atom. The average Bonchev–Trinajstić information content (AvgIpc) is 3.58. The number of ether oxygens (including phenoxy) is 2. The molecular weight excluding hydrogens is 474 g/mol. The lowest BCUT2D eigenvalue weighted by Crippen LogP contribution is -2.21. The zero-order chi connectivity index (χ0) is 24.7. The lowest BCUT2D eigenvalue weighted by molar-refractivity contribution is -0.138. The zero-order valence-electron chi connectivity index (χ0n) is 20.2. The number of nitrogens with zero attached hydrogens (tertiary/aromatic N) is 2. The monoisotopic (exact) mass is 505 g/mol. The van der Waals surface area contributed by atoms with E-state index in [9.17, 15) is 9.90 Å². The molecule has 0 bridgehead atoms. The van der Waals surface area contributed by atoms with Crippen molar-refractivity contribution in [1.82, 2.24) is 9.97 Å². The summed E-state index contributed by atoms with van der Waals surface area (Å²) < 4.78 is 11.1. The smallest absolute Gasteiger partial charge is 0.303 e. The summed E-state index contributed by atoms with van der Waals surface area (Å²) in [5, 5.41) is 16.0. The van der Waals surface area contributed by atoms with Crippen molar-refractivity contribution < 1.29 is 19.4 Å². The standard InChI is InChI=1S/C28H31N3O4S/c32-25(33)15-21(14-19-6-2-1-3-7-19)26(24-16-34-18-35-24)28-31-23(17-36-28)10-4-9-22-12-11-20-8-5-13-29-27(20)30-22/h1-3,6-7,11-12,16-17,21,26H,4-5,8-10,13-15,18H2,(H,29,30)(H,32,33). The number of carboxylic acid groups (broad SMARTS) is 1. The molecule has 0 saturated carbocycles. The minimum Gasteiger partial charge on any atom is -0.481 e. The second kappa shape index (κ2) is 11.6. The maximum atomic E-state index is 11.8. The fourth-order valence-corrected chi connectivity index (χ4v) is 6.01. The van der Waals surface area contributed by atoms with Crippen molar-refractivity contribution >= 4 is 23.1 Å². The number of thiazole rings is 1. The number of allylic oxidation sites excluding steroid dienone is 1. The number of benzene rings is 1. The topological polar surface area (TPSA) is 93.6 Å². The third-order valence-corrected chi connectivity index (χ3v) is 7.68. The van der Waals surface area contributed by atoms with Gasteiger partial charge in [0.15, 0.2) is 0 Å². The average molecular weight is 506 g/mol. The summed E-state index contributed by atoms with van der Waals surface area (Å²) in [4.78, 5) is 21.5. The van der Waals surface area contributed by atoms with E-state index in [0.29, 0.717) is 12.2 Å². The van der Waals surface area contributed by atoms with Crippen molar-refractivity contribution in [2.24, 2.45) is 5.92 Å². The van der Waals surface area contributed by atoms with Gasteiger partial charge in [-0.15, -0.1) is 11.3 Å². The molecule has 0 amide bonds. The minimum absolute atomic E-state index is 0.0210. The van der Waals surface area contributed by atoms with Gasteiger partial charge < -0.3 is 19.9 Å². The number of hydrogen-bond acceptors (Lipinski definition) is 7. The normalized spacial score (nSPS) is 16.2. The first kappa shape index (κ1) is 24.3. The molecular formula is C28H31N3O4S. The van der Waals surface area contributed by atoms with Gasteiger partial charge in [0.25, 0.3) is 0 Å². The first-order chi connectivity index (χ1) is 17.7. The van der Waals surface area contributed by atoms with Gasteiger partial charge >= 0.3 is 5.97 Å². The van der Waals surface area contributed by atoms with Crippen LogP contribution in [-0.2, 0) is 40.0 Å². The van der Waals surface area contributed by atoms with E-state index in [1.165, 1.54) is 5.56 Å². The molecule has 2 aromatic heterocycles. The number of aromatic nitrogens is 2. The Morgan fingerprint density at radius 3 is 2.78 bits per heavy atom. The molecule has 2 aliphatic rings. The molecule has 0 radical (unpaired) electrons. The fraction of sp³-hybridized carbons (Fsp3) is 0.393. The van der Waals surface area contributed by atoms with Gasteiger partial charge in [-0.25, -0.2) is 9.97 Å². The van der Waals surface area contributed by atoms with Crippen LogP contribution < -0.4 is 5.32 Å². The summed E-state index contributed by atoms with van der Waals surface area (Å²) in [6.45, 7) is 1.14. The molecule has 1 aromatic carbocycles. The summed E-state index contributed by atoms with van der Waals surface area (Å²) in [6.07, 6.45) is 7.19. The van der Waals surface area contributed by atoms with Gasteiger partial charge in [-0.05, 0) is 61.6 Å². The fourth-order valence-electron chi connectivity index (χ4n) is 4.96. The molecule has 36 heavy (non-hydrogen) atoms. The Balaban J connectivity index is 1.29. The number of carbonyl (C=O) groups is 1. The van der Waals surface area contributed by atoms with Crippen LogP contribution in [0.3, 0.4) is 0 Å². The summed E-state index contributed by atoms with van der Waals surface area (Å²) in [5.41, 5.74) is 4.52. The first-order valence-electron chi connectivity index (χ1n) is 12.5. The summed E-state index contributed by atoms with van der Waals surface area (Å²) in [5.74, 6) is 0.389. The van der Waals surface area contributed by atoms with Crippen LogP contribution in [0, 0.1) is 5.92 Å². The molecule has 4 heterocycles. The van der Waals surface area contributed by atoms with E-state index < -0.39 is 5.97 Å². The lowest BCUT2D eigenvalue weighted by atomic mass is 9.83. The molecule has 0 aliphatic carbocycles. The van der Waals surface area contributed by atoms with E-state index in [-0.39, 0.29) is 25.0 Å². The van der Waals surface area contributed by atoms with E-state index in [1.807, 2.05) is 30.3 Å². The van der Waals surface area contributed by atoms with Gasteiger partial charge in [0.2, 0.25) is 6.79 Å². The highest BCUT2D eigenvalue weighted by Crippen LogP contribution is 2.40. The molecule has 2 N–H and O–H groups in total. The Morgan fingerprint density at radius 2 is 1.97 bits per heavy atom. The molecule has 188 valence electrons. The van der Waals surface area contributed by atoms with Crippen LogP contribution in [0.4, 0.5) is 5.82 Å². The lowest BCUT2D eigenvalue weighted by Gasteiger charge is -2.24. The van der Waals surface area contributed by atoms with Crippen LogP contribution in [0.5, 0.6) is 0 Å². The molecule has 2 unspecified atom stereocenters. The summed E-state index contributed by atoms with van der Waals surface area (Å²) in [6, 6.07) is 14.3. The maximum Gasteiger partial charge on any atom is 0.303 e. The number of aryl methyl sites for hydroxylation is 3. The van der Waals surface area contributed by atoms with Gasteiger partial charge in [0.1, 0.15) is 22.8 Å². The molecule has 5 rings (SSSR count). The van der Waals surface area contributed by atoms with Crippen molar-refractivity contribution in [1.29, 1.82) is 0 Å². The van der Waals surface area contributed by atoms with Crippen molar-refractivity contribution in [3.05, 3.63) is 87.4 Å². The second-order valence-electron chi connectivity index (χ2n) is 9.35. The first-order valence-corrected chi connectivity index (χ1v) is 13.4. The highest BCUT2D eigenvalue weighted by molar-refractivity contribution is 7.09. The third kappa shape index (κ3) is 6.05. The van der Waals surface area contributed by atoms with Crippen molar-refractivity contribution in [3.8, 4) is 0 Å². The Kier molecular flexibility index (Phi) is 7.81. The molecule has 2 aliphatic heterocycles. The molecule has 0 fully saturated rings. The summed E-state index contributed by atoms with van der Waals surface area (Å²) in [7, 11) is 0. The van der Waals surface area contributed by atoms with E-state index in [0.717, 1.165) is 66.4 Å². The molecule has 2 atom stereocenters. The number of aliphatic carboxylic acids is 1. The zero-order valence-corrected chi connectivity index (χ0v) is 21.0. The van der Waals surface area contributed by atoms with Crippen molar-refractivity contribution in [2.45, 2.75) is 50.9 Å². The van der Waals surface area contributed by atoms with Gasteiger partial charge in [0, 0.05) is 24.0 Å². The molecule has 7 nitrogen and oxygen atoms in total. The van der Waals surface area contributed by atoms with Crippen LogP contribution in [0.25, 0.3) is 0 Å². The van der Waals surface area contributed by atoms with Crippen LogP contribution in [0.15, 0.2) is 59.9 Å². The third-order valence-electron chi connectivity index (χ3n) is 6.70. The summed E-state index contributed by atoms with van der Waals surface area (Å²) >= 11 is 1.57. The van der Waals surface area contributed by atoms with Crippen LogP contribution in [-0.4, -0.2) is 34.4 Å². The molecule has 3 aromatic rings. The van der Waals surface area contributed by atoms with Gasteiger partial charge in [-0.3, -0.25) is 4.79 Å². The minimum atomic E-state index is -0.829. The van der Waals surface area contributed by atoms with Crippen molar-refractivity contribution in [2.75, 3.05) is 18.7 Å². The predicted molar refractivity (Wildman–Crippen MR) is 139 cm³/mol. The van der Waals surface area contributed by atoms with Crippen molar-refractivity contribution in [3.63, 3.8) is 0 Å². The predicted octanol–water partition coefficient (Wildman–Crippen LogP) is 5.33. The SMILES string of the molecule is O=C(O)CC(Cc1ccccc1)C(C1=COCO1)c1nc(CCCc2ccc3c(n2)NCCC3)cs1. The number of nitrogens with one attached hydrogen (secondary N) is 1. The van der Waals surface area contributed by atoms with E-state index in [4.69, 9.17) is 19.4 Å². The van der Waals surface area contributed by atoms with E-state index >= 15 is 0 Å². The van der Waals surface area contributed by atoms with E-state index in [2.05, 4.69) is 22.8 Å². The molecule has 0 saturated heterocycles. The quantitative estimate of drug-likeness (QED) is 0.364. The number of carboxylic acids is 1. The molecule has 8 heteroatoms. The Hall–Kier alpha value is -3.39. The number of rotatable bonds is 11. The number of hydrogen-bond donors (Lipinski definition) is 2. The number of pyridine rings is 1. The number of anilines is 1. The van der Waals surface area contributed by atoms with Crippen LogP contribution in [0.2, 0.25) is 0 Å². The van der Waals surface area contributed by atoms with Crippen LogP contribution in [0.1, 0.15) is 52.7 Å². The highest BCUT2D eigenvalue weighted by atomic mass is 32.1. The van der Waals surface area contributed by atoms with Gasteiger partial charge in [-0.1, -0.05) is 36.4 Å². The van der Waals surface area contributed by atoms with E-state index in [1.54, 1.807) is 17.6 Å². The Bertz CT molecular complexity index is 1210. The highest BCUT2D eigenvalue weighted by Gasteiger charge is 2.34. The molecule has 0 spiro atoms.